The molecule has 0 radical (unpaired) electrons. The molecule has 70 valence electrons. The molecule has 1 rings (SSSR count). The van der Waals surface area contributed by atoms with Gasteiger partial charge in [0.15, 0.2) is 5.78 Å². The maximum atomic E-state index is 10.7. The Hall–Kier alpha value is 0.0500. The molecular formula is C6H10Cl2N2OS. The monoisotopic (exact) mass is 228 g/mol. The molecule has 0 aromatic rings. The van der Waals surface area contributed by atoms with Crippen molar-refractivity contribution in [2.45, 2.75) is 18.3 Å². The van der Waals surface area contributed by atoms with Crippen LogP contribution in [0.15, 0.2) is 0 Å². The van der Waals surface area contributed by atoms with Gasteiger partial charge in [0.25, 0.3) is 0 Å². The van der Waals surface area contributed by atoms with Crippen LogP contribution in [0.1, 0.15) is 6.92 Å². The quantitative estimate of drug-likeness (QED) is 0.728. The minimum atomic E-state index is -0.148. The van der Waals surface area contributed by atoms with Crippen LogP contribution in [-0.4, -0.2) is 23.0 Å². The predicted octanol–water partition coefficient (Wildman–Crippen LogP) is 0.974. The number of nitrogens with one attached hydrogen (secondary N) is 1. The number of hydrogen-bond acceptors (Lipinski definition) is 4. The largest absolute Gasteiger partial charge is 0.297 e. The van der Waals surface area contributed by atoms with Crippen molar-refractivity contribution in [3.8, 4) is 6.07 Å². The van der Waals surface area contributed by atoms with E-state index in [0.717, 1.165) is 5.75 Å². The normalized spacial score (nSPS) is 26.3. The van der Waals surface area contributed by atoms with Gasteiger partial charge in [0.1, 0.15) is 11.4 Å². The molecule has 2 atom stereocenters. The fourth-order valence-electron chi connectivity index (χ4n) is 0.781. The Kier molecular flexibility index (Phi) is 7.96. The van der Waals surface area contributed by atoms with Gasteiger partial charge in [-0.15, -0.1) is 36.6 Å². The number of ketones is 1. The lowest BCUT2D eigenvalue weighted by Gasteiger charge is -2.02. The van der Waals surface area contributed by atoms with Gasteiger partial charge in [-0.3, -0.25) is 10.1 Å². The van der Waals surface area contributed by atoms with E-state index < -0.39 is 0 Å². The molecule has 0 aromatic carbocycles. The first-order valence-corrected chi connectivity index (χ1v) is 4.06. The summed E-state index contributed by atoms with van der Waals surface area (Å²) in [6, 6.07) is 1.92. The van der Waals surface area contributed by atoms with Crippen molar-refractivity contribution in [3.05, 3.63) is 0 Å². The highest BCUT2D eigenvalue weighted by Crippen LogP contribution is 2.18. The van der Waals surface area contributed by atoms with Gasteiger partial charge in [0, 0.05) is 5.75 Å². The number of halogens is 2. The maximum absolute atomic E-state index is 10.7. The summed E-state index contributed by atoms with van der Waals surface area (Å²) in [4.78, 5) is 10.7. The van der Waals surface area contributed by atoms with Crippen LogP contribution in [0.3, 0.4) is 0 Å². The highest BCUT2D eigenvalue weighted by molar-refractivity contribution is 8.00. The van der Waals surface area contributed by atoms with Crippen LogP contribution in [0.2, 0.25) is 0 Å². The minimum Gasteiger partial charge on any atom is -0.297 e. The molecule has 2 unspecified atom stereocenters. The van der Waals surface area contributed by atoms with Crippen molar-refractivity contribution in [2.24, 2.45) is 0 Å². The molecule has 1 fully saturated rings. The lowest BCUT2D eigenvalue weighted by atomic mass is 10.3. The minimum absolute atomic E-state index is 0. The number of Topliss-reactive ketones (excluding diaryl/α,β-unsaturated/α-hetero) is 1. The fraction of sp³-hybridized carbons (Fsp3) is 0.667. The first kappa shape index (κ1) is 14.6. The van der Waals surface area contributed by atoms with Gasteiger partial charge in [0.2, 0.25) is 0 Å². The standard InChI is InChI=1S/C6H8N2OS.2ClH/c1-4(9)6-8-5(2-7)3-10-6;;/h5-6,8H,3H2,1H3;2*1H. The smallest absolute Gasteiger partial charge is 0.156 e. The second kappa shape index (κ2) is 6.55. The molecule has 3 nitrogen and oxygen atoms in total. The van der Waals surface area contributed by atoms with E-state index in [1.54, 1.807) is 0 Å². The van der Waals surface area contributed by atoms with E-state index in [-0.39, 0.29) is 42.0 Å². The highest BCUT2D eigenvalue weighted by Gasteiger charge is 2.26. The SMILES string of the molecule is CC(=O)C1NC(C#N)CS1.Cl.Cl. The average Bonchev–Trinajstić information content (AvgIpc) is 2.34. The summed E-state index contributed by atoms with van der Waals surface area (Å²) in [5.74, 6) is 0.823. The first-order chi connectivity index (χ1) is 4.74. The zero-order chi connectivity index (χ0) is 7.56. The number of nitriles is 1. The van der Waals surface area contributed by atoms with Crippen molar-refractivity contribution in [2.75, 3.05) is 5.75 Å². The molecule has 0 aromatic heterocycles. The average molecular weight is 229 g/mol. The molecule has 1 aliphatic rings. The number of nitrogens with zero attached hydrogens (tertiary/aromatic N) is 1. The topological polar surface area (TPSA) is 52.9 Å². The second-order valence-electron chi connectivity index (χ2n) is 2.17. The van der Waals surface area contributed by atoms with E-state index in [2.05, 4.69) is 11.4 Å². The number of hydrogen-bond donors (Lipinski definition) is 1. The molecule has 0 amide bonds. The third kappa shape index (κ3) is 3.63. The summed E-state index contributed by atoms with van der Waals surface area (Å²) >= 11 is 1.50. The zero-order valence-electron chi connectivity index (χ0n) is 6.44. The van der Waals surface area contributed by atoms with Crippen LogP contribution in [0.4, 0.5) is 0 Å². The van der Waals surface area contributed by atoms with E-state index in [4.69, 9.17) is 5.26 Å². The lowest BCUT2D eigenvalue weighted by molar-refractivity contribution is -0.116. The van der Waals surface area contributed by atoms with Gasteiger partial charge >= 0.3 is 0 Å². The van der Waals surface area contributed by atoms with Crippen molar-refractivity contribution in [1.29, 1.82) is 5.26 Å². The third-order valence-electron chi connectivity index (χ3n) is 1.31. The van der Waals surface area contributed by atoms with E-state index in [0.29, 0.717) is 0 Å². The molecule has 1 aliphatic heterocycles. The molecule has 0 aliphatic carbocycles. The molecule has 1 saturated heterocycles. The Morgan fingerprint density at radius 2 is 2.25 bits per heavy atom. The Morgan fingerprint density at radius 3 is 2.50 bits per heavy atom. The molecule has 12 heavy (non-hydrogen) atoms. The Bertz CT molecular complexity index is 194. The molecule has 0 saturated carbocycles. The van der Waals surface area contributed by atoms with Gasteiger partial charge in [-0.1, -0.05) is 0 Å². The Morgan fingerprint density at radius 1 is 1.67 bits per heavy atom. The summed E-state index contributed by atoms with van der Waals surface area (Å²) in [7, 11) is 0. The summed E-state index contributed by atoms with van der Waals surface area (Å²) in [6.07, 6.45) is 0. The Balaban J connectivity index is 0. The van der Waals surface area contributed by atoms with E-state index >= 15 is 0 Å². The molecule has 1 N–H and O–H groups in total. The molecule has 1 heterocycles. The van der Waals surface area contributed by atoms with Crippen molar-refractivity contribution in [3.63, 3.8) is 0 Å². The summed E-state index contributed by atoms with van der Waals surface area (Å²) in [5.41, 5.74) is 0. The summed E-state index contributed by atoms with van der Waals surface area (Å²) < 4.78 is 0. The van der Waals surface area contributed by atoms with Crippen LogP contribution in [0.25, 0.3) is 0 Å². The predicted molar refractivity (Wildman–Crippen MR) is 54.0 cm³/mol. The van der Waals surface area contributed by atoms with Gasteiger partial charge in [-0.25, -0.2) is 0 Å². The number of thioether (sulfide) groups is 1. The summed E-state index contributed by atoms with van der Waals surface area (Å²) in [5, 5.41) is 11.2. The zero-order valence-corrected chi connectivity index (χ0v) is 8.89. The highest BCUT2D eigenvalue weighted by atomic mass is 35.5. The first-order valence-electron chi connectivity index (χ1n) is 3.02. The van der Waals surface area contributed by atoms with Crippen molar-refractivity contribution < 1.29 is 4.79 Å². The van der Waals surface area contributed by atoms with Gasteiger partial charge in [-0.2, -0.15) is 5.26 Å². The van der Waals surface area contributed by atoms with Crippen LogP contribution in [-0.2, 0) is 4.79 Å². The second-order valence-corrected chi connectivity index (χ2v) is 3.31. The van der Waals surface area contributed by atoms with Gasteiger partial charge in [0.05, 0.1) is 6.07 Å². The molecule has 0 spiro atoms. The number of carbonyl (C=O) groups excluding carboxylic acids is 1. The van der Waals surface area contributed by atoms with E-state index in [1.807, 2.05) is 0 Å². The van der Waals surface area contributed by atoms with Gasteiger partial charge in [-0.05, 0) is 6.92 Å². The maximum Gasteiger partial charge on any atom is 0.156 e. The van der Waals surface area contributed by atoms with Gasteiger partial charge < -0.3 is 0 Å². The molecular weight excluding hydrogens is 219 g/mol. The van der Waals surface area contributed by atoms with Crippen LogP contribution in [0.5, 0.6) is 0 Å². The number of rotatable bonds is 1. The Labute approximate surface area is 88.1 Å². The van der Waals surface area contributed by atoms with E-state index in [1.165, 1.54) is 18.7 Å². The van der Waals surface area contributed by atoms with Crippen molar-refractivity contribution in [1.82, 2.24) is 5.32 Å². The lowest BCUT2D eigenvalue weighted by Crippen LogP contribution is -2.32. The summed E-state index contributed by atoms with van der Waals surface area (Å²) in [6.45, 7) is 1.53. The third-order valence-corrected chi connectivity index (χ3v) is 2.63. The van der Waals surface area contributed by atoms with Crippen molar-refractivity contribution >= 4 is 42.4 Å². The molecule has 0 bridgehead atoms. The van der Waals surface area contributed by atoms with Crippen LogP contribution >= 0.6 is 36.6 Å². The fourth-order valence-corrected chi connectivity index (χ4v) is 1.83. The van der Waals surface area contributed by atoms with E-state index in [9.17, 15) is 4.79 Å². The van der Waals surface area contributed by atoms with Crippen LogP contribution < -0.4 is 5.32 Å². The van der Waals surface area contributed by atoms with Crippen LogP contribution in [0, 0.1) is 11.3 Å². The number of carbonyl (C=O) groups is 1. The molecule has 6 heteroatoms.